The van der Waals surface area contributed by atoms with Crippen LogP contribution in [0.3, 0.4) is 0 Å². The first-order valence-electron chi connectivity index (χ1n) is 8.40. The second-order valence-corrected chi connectivity index (χ2v) is 6.38. The van der Waals surface area contributed by atoms with E-state index in [1.807, 2.05) is 10.9 Å². The molecule has 0 aromatic carbocycles. The molecule has 3 heterocycles. The fraction of sp³-hybridized carbons (Fsp3) is 0.688. The number of rotatable bonds is 5. The van der Waals surface area contributed by atoms with Crippen LogP contribution in [0.15, 0.2) is 12.4 Å². The third kappa shape index (κ3) is 5.80. The van der Waals surface area contributed by atoms with E-state index >= 15 is 0 Å². The summed E-state index contributed by atoms with van der Waals surface area (Å²) in [5.74, 6) is -0.385. The van der Waals surface area contributed by atoms with Gasteiger partial charge in [0.25, 0.3) is 6.47 Å². The molecular weight excluding hydrogens is 328 g/mol. The second kappa shape index (κ2) is 9.50. The number of hydrogen-bond donors (Lipinski definition) is 2. The number of carboxylic acid groups (broad SMARTS) is 2. The van der Waals surface area contributed by atoms with Crippen molar-refractivity contribution in [3.63, 3.8) is 0 Å². The fourth-order valence-corrected chi connectivity index (χ4v) is 3.44. The number of nitrogens with zero attached hydrogens (tertiary/aromatic N) is 4. The molecule has 0 radical (unpaired) electrons. The van der Waals surface area contributed by atoms with Gasteiger partial charge < -0.3 is 14.9 Å². The van der Waals surface area contributed by atoms with Crippen LogP contribution >= 0.6 is 0 Å². The number of aliphatic carboxylic acids is 1. The van der Waals surface area contributed by atoms with Crippen LogP contribution in [0.5, 0.6) is 0 Å². The Labute approximate surface area is 146 Å². The molecule has 1 aromatic rings. The maximum absolute atomic E-state index is 11.0. The highest BCUT2D eigenvalue weighted by Gasteiger charge is 2.33. The maximum atomic E-state index is 11.0. The van der Waals surface area contributed by atoms with Gasteiger partial charge in [-0.15, -0.1) is 0 Å². The van der Waals surface area contributed by atoms with Crippen molar-refractivity contribution in [2.24, 2.45) is 5.92 Å². The molecule has 140 valence electrons. The molecule has 2 aliphatic heterocycles. The highest BCUT2D eigenvalue weighted by atomic mass is 16.5. The van der Waals surface area contributed by atoms with E-state index in [2.05, 4.69) is 28.0 Å². The van der Waals surface area contributed by atoms with Crippen molar-refractivity contribution >= 4 is 12.4 Å². The van der Waals surface area contributed by atoms with Gasteiger partial charge in [-0.2, -0.15) is 5.10 Å². The summed E-state index contributed by atoms with van der Waals surface area (Å²) in [6, 6.07) is 0.247. The first-order chi connectivity index (χ1) is 12.0. The van der Waals surface area contributed by atoms with Crippen molar-refractivity contribution in [3.8, 4) is 0 Å². The van der Waals surface area contributed by atoms with Crippen LogP contribution in [0.4, 0.5) is 0 Å². The number of hydrogen-bond acceptors (Lipinski definition) is 6. The third-order valence-corrected chi connectivity index (χ3v) is 4.41. The molecule has 2 aliphatic rings. The zero-order valence-electron chi connectivity index (χ0n) is 14.5. The molecule has 0 spiro atoms. The van der Waals surface area contributed by atoms with Gasteiger partial charge in [0.1, 0.15) is 0 Å². The fourth-order valence-electron chi connectivity index (χ4n) is 3.44. The third-order valence-electron chi connectivity index (χ3n) is 4.41. The zero-order valence-corrected chi connectivity index (χ0v) is 14.5. The lowest BCUT2D eigenvalue weighted by Gasteiger charge is -2.30. The molecule has 0 amide bonds. The van der Waals surface area contributed by atoms with Crippen LogP contribution in [-0.4, -0.2) is 87.7 Å². The predicted molar refractivity (Wildman–Crippen MR) is 89.2 cm³/mol. The lowest BCUT2D eigenvalue weighted by Crippen LogP contribution is -2.44. The summed E-state index contributed by atoms with van der Waals surface area (Å²) in [4.78, 5) is 23.8. The van der Waals surface area contributed by atoms with E-state index in [0.29, 0.717) is 12.5 Å². The Balaban J connectivity index is 0.000000701. The lowest BCUT2D eigenvalue weighted by atomic mass is 10.1. The van der Waals surface area contributed by atoms with E-state index in [0.717, 1.165) is 39.3 Å². The molecule has 2 atom stereocenters. The van der Waals surface area contributed by atoms with Crippen LogP contribution in [-0.2, 0) is 27.4 Å². The van der Waals surface area contributed by atoms with Crippen LogP contribution in [0.2, 0.25) is 0 Å². The van der Waals surface area contributed by atoms with Gasteiger partial charge in [0.2, 0.25) is 0 Å². The summed E-state index contributed by atoms with van der Waals surface area (Å²) in [7, 11) is 0. The molecule has 0 saturated carbocycles. The minimum Gasteiger partial charge on any atom is -0.483 e. The largest absolute Gasteiger partial charge is 0.483 e. The quantitative estimate of drug-likeness (QED) is 0.701. The van der Waals surface area contributed by atoms with Crippen LogP contribution in [0, 0.1) is 5.92 Å². The lowest BCUT2D eigenvalue weighted by molar-refractivity contribution is -0.138. The van der Waals surface area contributed by atoms with Gasteiger partial charge in [-0.3, -0.25) is 24.1 Å². The number of carboxylic acids is 1. The van der Waals surface area contributed by atoms with Crippen molar-refractivity contribution in [1.29, 1.82) is 0 Å². The van der Waals surface area contributed by atoms with Gasteiger partial charge in [-0.05, 0) is 6.92 Å². The van der Waals surface area contributed by atoms with Crippen LogP contribution in [0.1, 0.15) is 12.5 Å². The molecule has 2 N–H and O–H groups in total. The summed E-state index contributed by atoms with van der Waals surface area (Å²) in [6.45, 7) is 7.58. The predicted octanol–water partition coefficient (Wildman–Crippen LogP) is -0.179. The van der Waals surface area contributed by atoms with Gasteiger partial charge >= 0.3 is 5.97 Å². The average Bonchev–Trinajstić information content (AvgIpc) is 2.83. The zero-order chi connectivity index (χ0) is 18.2. The number of aromatic nitrogens is 2. The topological polar surface area (TPSA) is 108 Å². The normalized spacial score (nSPS) is 24.0. The standard InChI is InChI=1S/C15H24N4O3.CH2O2/c1-2-19-7-12(3-16-19)5-18-6-13-4-17(9-15(20)21)8-14(18)11-22-10-13;2-1-3/h3,7,13-14H,2,4-6,8-11H2,1H3,(H,20,21);1H,(H,2,3)/t13-,14-;/m0./s1. The molecule has 2 saturated heterocycles. The van der Waals surface area contributed by atoms with Crippen molar-refractivity contribution in [2.75, 3.05) is 39.4 Å². The Kier molecular flexibility index (Phi) is 7.35. The van der Waals surface area contributed by atoms with Crippen LogP contribution in [0.25, 0.3) is 0 Å². The van der Waals surface area contributed by atoms with Gasteiger partial charge in [0.15, 0.2) is 0 Å². The maximum Gasteiger partial charge on any atom is 0.317 e. The average molecular weight is 354 g/mol. The van der Waals surface area contributed by atoms with E-state index in [4.69, 9.17) is 19.7 Å². The summed E-state index contributed by atoms with van der Waals surface area (Å²) in [6.07, 6.45) is 4.01. The molecule has 2 fully saturated rings. The van der Waals surface area contributed by atoms with Crippen molar-refractivity contribution in [1.82, 2.24) is 19.6 Å². The minimum atomic E-state index is -0.753. The Morgan fingerprint density at radius 1 is 1.40 bits per heavy atom. The number of ether oxygens (including phenoxy) is 1. The van der Waals surface area contributed by atoms with Crippen molar-refractivity contribution in [2.45, 2.75) is 26.1 Å². The molecular formula is C16H26N4O5. The van der Waals surface area contributed by atoms with E-state index in [-0.39, 0.29) is 19.1 Å². The smallest absolute Gasteiger partial charge is 0.317 e. The van der Waals surface area contributed by atoms with E-state index in [1.54, 1.807) is 0 Å². The van der Waals surface area contributed by atoms with Crippen molar-refractivity contribution in [3.05, 3.63) is 18.0 Å². The molecule has 0 aliphatic carbocycles. The first-order valence-corrected chi connectivity index (χ1v) is 8.40. The monoisotopic (exact) mass is 354 g/mol. The van der Waals surface area contributed by atoms with Gasteiger partial charge in [-0.1, -0.05) is 0 Å². The number of carbonyl (C=O) groups is 2. The SMILES string of the molecule is CCn1cc(CN2C[C@H]3COC[C@@H]2CN(CC(=O)O)C3)cn1.O=CO. The highest BCUT2D eigenvalue weighted by molar-refractivity contribution is 5.69. The molecule has 2 bridgehead atoms. The summed E-state index contributed by atoms with van der Waals surface area (Å²) in [5, 5.41) is 20.3. The highest BCUT2D eigenvalue weighted by Crippen LogP contribution is 2.21. The molecule has 9 heteroatoms. The molecule has 3 rings (SSSR count). The molecule has 1 aromatic heterocycles. The summed E-state index contributed by atoms with van der Waals surface area (Å²) in [5.41, 5.74) is 1.21. The Morgan fingerprint density at radius 3 is 2.80 bits per heavy atom. The number of fused-ring (bicyclic) bond motifs is 3. The Hall–Kier alpha value is -1.97. The van der Waals surface area contributed by atoms with Gasteiger partial charge in [0.05, 0.1) is 26.0 Å². The first kappa shape index (κ1) is 19.4. The molecule has 0 unspecified atom stereocenters. The van der Waals surface area contributed by atoms with Gasteiger partial charge in [-0.25, -0.2) is 0 Å². The van der Waals surface area contributed by atoms with Crippen LogP contribution < -0.4 is 0 Å². The Morgan fingerprint density at radius 2 is 2.16 bits per heavy atom. The summed E-state index contributed by atoms with van der Waals surface area (Å²) < 4.78 is 7.71. The minimum absolute atomic E-state index is 0.120. The van der Waals surface area contributed by atoms with Crippen molar-refractivity contribution < 1.29 is 24.5 Å². The summed E-state index contributed by atoms with van der Waals surface area (Å²) >= 11 is 0. The van der Waals surface area contributed by atoms with E-state index < -0.39 is 5.97 Å². The van der Waals surface area contributed by atoms with E-state index in [9.17, 15) is 4.79 Å². The second-order valence-electron chi connectivity index (χ2n) is 6.38. The molecule has 25 heavy (non-hydrogen) atoms. The molecule has 9 nitrogen and oxygen atoms in total. The van der Waals surface area contributed by atoms with E-state index in [1.165, 1.54) is 5.56 Å². The Bertz CT molecular complexity index is 564. The number of aryl methyl sites for hydroxylation is 1. The van der Waals surface area contributed by atoms with Gasteiger partial charge in [0, 0.05) is 56.4 Å².